The number of anilines is 2. The maximum Gasteiger partial charge on any atom is 0.418 e. The lowest BCUT2D eigenvalue weighted by molar-refractivity contribution is 0.155. The summed E-state index contributed by atoms with van der Waals surface area (Å²) in [5, 5.41) is 0.613. The van der Waals surface area contributed by atoms with Crippen LogP contribution in [0.15, 0.2) is 42.5 Å². The number of hydrogen-bond acceptors (Lipinski definition) is 4. The molecule has 3 rings (SSSR count). The topological polar surface area (TPSA) is 45.3 Å². The SMILES string of the molecule is CCCCOC(=O)N(c1ccc(Cl)cc1)c1ccc2[nH]c(=S)sc2c1. The van der Waals surface area contributed by atoms with E-state index in [9.17, 15) is 4.79 Å². The summed E-state index contributed by atoms with van der Waals surface area (Å²) in [6.45, 7) is 2.45. The summed E-state index contributed by atoms with van der Waals surface area (Å²) >= 11 is 12.6. The first-order valence-electron chi connectivity index (χ1n) is 7.94. The van der Waals surface area contributed by atoms with Gasteiger partial charge in [0.25, 0.3) is 0 Å². The summed E-state index contributed by atoms with van der Waals surface area (Å²) in [4.78, 5) is 17.4. The molecule has 0 spiro atoms. The van der Waals surface area contributed by atoms with E-state index in [1.807, 2.05) is 18.2 Å². The Morgan fingerprint density at radius 2 is 1.96 bits per heavy atom. The molecule has 1 heterocycles. The Hall–Kier alpha value is -1.89. The van der Waals surface area contributed by atoms with Gasteiger partial charge in [-0.05, 0) is 61.1 Å². The molecule has 0 aliphatic rings. The molecule has 1 aromatic heterocycles. The monoisotopic (exact) mass is 392 g/mol. The summed E-state index contributed by atoms with van der Waals surface area (Å²) in [5.41, 5.74) is 2.38. The maximum absolute atomic E-state index is 12.7. The van der Waals surface area contributed by atoms with E-state index < -0.39 is 6.09 Å². The molecule has 0 unspecified atom stereocenters. The minimum atomic E-state index is -0.408. The lowest BCUT2D eigenvalue weighted by Crippen LogP contribution is -2.27. The zero-order chi connectivity index (χ0) is 17.8. The van der Waals surface area contributed by atoms with Gasteiger partial charge in [-0.25, -0.2) is 9.69 Å². The predicted molar refractivity (Wildman–Crippen MR) is 107 cm³/mol. The van der Waals surface area contributed by atoms with Gasteiger partial charge in [-0.15, -0.1) is 11.3 Å². The highest BCUT2D eigenvalue weighted by molar-refractivity contribution is 7.73. The number of unbranched alkanes of at least 4 members (excludes halogenated alkanes) is 1. The van der Waals surface area contributed by atoms with Gasteiger partial charge in [0.2, 0.25) is 0 Å². The van der Waals surface area contributed by atoms with Crippen LogP contribution in [0, 0.1) is 3.95 Å². The average molecular weight is 393 g/mol. The average Bonchev–Trinajstić information content (AvgIpc) is 2.96. The number of aromatic nitrogens is 1. The van der Waals surface area contributed by atoms with Crippen LogP contribution in [0.25, 0.3) is 10.2 Å². The standard InChI is InChI=1S/C18H17ClN2O2S2/c1-2-3-10-23-18(22)21(13-6-4-12(19)5-7-13)14-8-9-15-16(11-14)25-17(24)20-15/h4-9,11H,2-3,10H2,1H3,(H,20,24). The highest BCUT2D eigenvalue weighted by Crippen LogP contribution is 2.31. The van der Waals surface area contributed by atoms with E-state index in [2.05, 4.69) is 11.9 Å². The molecule has 0 fully saturated rings. The van der Waals surface area contributed by atoms with Crippen LogP contribution in [0.2, 0.25) is 5.02 Å². The van der Waals surface area contributed by atoms with E-state index in [0.717, 1.165) is 28.7 Å². The van der Waals surface area contributed by atoms with Crippen LogP contribution in [0.1, 0.15) is 19.8 Å². The Bertz CT molecular complexity index is 934. The number of ether oxygens (including phenoxy) is 1. The number of carbonyl (C=O) groups is 1. The molecule has 4 nitrogen and oxygen atoms in total. The van der Waals surface area contributed by atoms with Crippen LogP contribution in [-0.4, -0.2) is 17.7 Å². The molecule has 0 aliphatic heterocycles. The molecule has 2 aromatic carbocycles. The highest BCUT2D eigenvalue weighted by atomic mass is 35.5. The van der Waals surface area contributed by atoms with E-state index in [1.165, 1.54) is 11.3 Å². The van der Waals surface area contributed by atoms with Gasteiger partial charge in [0.05, 0.1) is 28.2 Å². The van der Waals surface area contributed by atoms with Crippen molar-refractivity contribution in [3.05, 3.63) is 51.4 Å². The van der Waals surface area contributed by atoms with Gasteiger partial charge < -0.3 is 9.72 Å². The summed E-state index contributed by atoms with van der Waals surface area (Å²) in [5.74, 6) is 0. The van der Waals surface area contributed by atoms with Crippen molar-refractivity contribution < 1.29 is 9.53 Å². The van der Waals surface area contributed by atoms with E-state index >= 15 is 0 Å². The number of hydrogen-bond donors (Lipinski definition) is 1. The van der Waals surface area contributed by atoms with Gasteiger partial charge in [0.15, 0.2) is 3.95 Å². The van der Waals surface area contributed by atoms with Crippen LogP contribution in [0.4, 0.5) is 16.2 Å². The maximum atomic E-state index is 12.7. The Morgan fingerprint density at radius 1 is 1.24 bits per heavy atom. The lowest BCUT2D eigenvalue weighted by atomic mass is 10.2. The molecule has 7 heteroatoms. The predicted octanol–water partition coefficient (Wildman–Crippen LogP) is 6.69. The van der Waals surface area contributed by atoms with Gasteiger partial charge in [-0.2, -0.15) is 0 Å². The number of H-pyrrole nitrogens is 1. The molecule has 0 atom stereocenters. The molecular formula is C18H17ClN2O2S2. The zero-order valence-electron chi connectivity index (χ0n) is 13.6. The molecule has 1 amide bonds. The zero-order valence-corrected chi connectivity index (χ0v) is 16.0. The van der Waals surface area contributed by atoms with Crippen molar-refractivity contribution in [1.82, 2.24) is 4.98 Å². The summed E-state index contributed by atoms with van der Waals surface area (Å²) in [7, 11) is 0. The Kier molecular flexibility index (Phi) is 5.73. The van der Waals surface area contributed by atoms with E-state index in [-0.39, 0.29) is 0 Å². The molecule has 0 radical (unpaired) electrons. The minimum Gasteiger partial charge on any atom is -0.449 e. The van der Waals surface area contributed by atoms with Crippen LogP contribution < -0.4 is 4.90 Å². The number of nitrogens with zero attached hydrogens (tertiary/aromatic N) is 1. The second-order valence-electron chi connectivity index (χ2n) is 5.47. The van der Waals surface area contributed by atoms with Crippen molar-refractivity contribution in [2.45, 2.75) is 19.8 Å². The van der Waals surface area contributed by atoms with Gasteiger partial charge in [-0.1, -0.05) is 24.9 Å². The van der Waals surface area contributed by atoms with Crippen LogP contribution in [0.3, 0.4) is 0 Å². The quantitative estimate of drug-likeness (QED) is 0.388. The fourth-order valence-corrected chi connectivity index (χ4v) is 3.67. The Labute approximate surface area is 160 Å². The van der Waals surface area contributed by atoms with Crippen LogP contribution in [-0.2, 0) is 4.74 Å². The summed E-state index contributed by atoms with van der Waals surface area (Å²) < 4.78 is 7.12. The number of halogens is 1. The minimum absolute atomic E-state index is 0.394. The molecule has 3 aromatic rings. The largest absolute Gasteiger partial charge is 0.449 e. The highest BCUT2D eigenvalue weighted by Gasteiger charge is 2.20. The molecule has 0 saturated carbocycles. The van der Waals surface area contributed by atoms with E-state index in [0.29, 0.717) is 21.3 Å². The number of nitrogens with one attached hydrogen (secondary N) is 1. The molecule has 0 aliphatic carbocycles. The second kappa shape index (κ2) is 7.99. The second-order valence-corrected chi connectivity index (χ2v) is 7.63. The molecule has 25 heavy (non-hydrogen) atoms. The summed E-state index contributed by atoms with van der Waals surface area (Å²) in [6.07, 6.45) is 1.39. The number of aromatic amines is 1. The number of fused-ring (bicyclic) bond motifs is 1. The Morgan fingerprint density at radius 3 is 2.68 bits per heavy atom. The van der Waals surface area contributed by atoms with Crippen molar-refractivity contribution in [1.29, 1.82) is 0 Å². The Balaban J connectivity index is 2.00. The molecule has 1 N–H and O–H groups in total. The normalized spacial score (nSPS) is 10.8. The summed E-state index contributed by atoms with van der Waals surface area (Å²) in [6, 6.07) is 12.8. The molecule has 130 valence electrons. The van der Waals surface area contributed by atoms with Crippen molar-refractivity contribution >= 4 is 62.8 Å². The first-order valence-corrected chi connectivity index (χ1v) is 9.54. The van der Waals surface area contributed by atoms with E-state index in [4.69, 9.17) is 28.6 Å². The van der Waals surface area contributed by atoms with E-state index in [1.54, 1.807) is 29.2 Å². The van der Waals surface area contributed by atoms with Gasteiger partial charge >= 0.3 is 6.09 Å². The van der Waals surface area contributed by atoms with Gasteiger partial charge in [-0.3, -0.25) is 0 Å². The number of rotatable bonds is 5. The van der Waals surface area contributed by atoms with Crippen molar-refractivity contribution in [2.24, 2.45) is 0 Å². The van der Waals surface area contributed by atoms with Crippen LogP contribution in [0.5, 0.6) is 0 Å². The number of carbonyl (C=O) groups excluding carboxylic acids is 1. The van der Waals surface area contributed by atoms with Gasteiger partial charge in [0.1, 0.15) is 0 Å². The molecule has 0 bridgehead atoms. The fourth-order valence-electron chi connectivity index (χ4n) is 2.39. The van der Waals surface area contributed by atoms with Crippen LogP contribution >= 0.6 is 35.2 Å². The van der Waals surface area contributed by atoms with Crippen molar-refractivity contribution in [3.63, 3.8) is 0 Å². The fraction of sp³-hybridized carbons (Fsp3) is 0.222. The van der Waals surface area contributed by atoms with Gasteiger partial charge in [0, 0.05) is 5.02 Å². The third-order valence-corrected chi connectivity index (χ3v) is 5.10. The first kappa shape index (κ1) is 17.9. The number of amides is 1. The van der Waals surface area contributed by atoms with Crippen molar-refractivity contribution in [3.8, 4) is 0 Å². The third-order valence-electron chi connectivity index (χ3n) is 3.65. The molecular weight excluding hydrogens is 376 g/mol. The van der Waals surface area contributed by atoms with Crippen molar-refractivity contribution in [2.75, 3.05) is 11.5 Å². The molecule has 0 saturated heterocycles. The first-order chi connectivity index (χ1) is 12.1. The smallest absolute Gasteiger partial charge is 0.418 e. The lowest BCUT2D eigenvalue weighted by Gasteiger charge is -2.22. The number of benzene rings is 2. The third kappa shape index (κ3) is 4.21. The number of thiazole rings is 1.